The molecule has 2 atom stereocenters. The van der Waals surface area contributed by atoms with E-state index in [0.717, 1.165) is 12.1 Å². The third kappa shape index (κ3) is 2.76. The molecule has 0 spiro atoms. The highest BCUT2D eigenvalue weighted by Gasteiger charge is 2.29. The van der Waals surface area contributed by atoms with Gasteiger partial charge in [0.15, 0.2) is 9.84 Å². The van der Waals surface area contributed by atoms with Gasteiger partial charge in [0.25, 0.3) is 0 Å². The number of rotatable bonds is 3. The van der Waals surface area contributed by atoms with Crippen LogP contribution in [0.4, 0.5) is 0 Å². The van der Waals surface area contributed by atoms with E-state index in [9.17, 15) is 8.42 Å². The predicted octanol–water partition coefficient (Wildman–Crippen LogP) is 0.301. The standard InChI is InChI=1S/C10H15N3O2S/c11-9(10-6-12-2-3-13-10)5-8-1-4-16(14,15)7-8/h2-3,6,8-9H,1,4-5,7,11H2. The summed E-state index contributed by atoms with van der Waals surface area (Å²) in [5, 5.41) is 0. The van der Waals surface area contributed by atoms with Crippen molar-refractivity contribution in [2.45, 2.75) is 18.9 Å². The molecule has 0 aliphatic carbocycles. The van der Waals surface area contributed by atoms with Crippen molar-refractivity contribution in [3.63, 3.8) is 0 Å². The molecule has 2 heterocycles. The van der Waals surface area contributed by atoms with Gasteiger partial charge in [0.05, 0.1) is 17.2 Å². The zero-order valence-corrected chi connectivity index (χ0v) is 9.73. The van der Waals surface area contributed by atoms with Crippen LogP contribution in [-0.4, -0.2) is 29.9 Å². The van der Waals surface area contributed by atoms with Gasteiger partial charge in [-0.2, -0.15) is 0 Å². The quantitative estimate of drug-likeness (QED) is 0.822. The van der Waals surface area contributed by atoms with Crippen LogP contribution < -0.4 is 5.73 Å². The van der Waals surface area contributed by atoms with Crippen LogP contribution in [0.2, 0.25) is 0 Å². The molecule has 2 rings (SSSR count). The number of nitrogens with zero attached hydrogens (tertiary/aromatic N) is 2. The minimum atomic E-state index is -2.81. The zero-order chi connectivity index (χ0) is 11.6. The van der Waals surface area contributed by atoms with Gasteiger partial charge in [0, 0.05) is 24.6 Å². The van der Waals surface area contributed by atoms with Crippen LogP contribution in [0.1, 0.15) is 24.6 Å². The van der Waals surface area contributed by atoms with E-state index in [1.165, 1.54) is 0 Å². The second kappa shape index (κ2) is 4.47. The van der Waals surface area contributed by atoms with Crippen molar-refractivity contribution in [3.05, 3.63) is 24.3 Å². The van der Waals surface area contributed by atoms with Crippen LogP contribution in [0.15, 0.2) is 18.6 Å². The maximum Gasteiger partial charge on any atom is 0.150 e. The minimum absolute atomic E-state index is 0.169. The van der Waals surface area contributed by atoms with E-state index in [0.29, 0.717) is 12.2 Å². The molecule has 2 unspecified atom stereocenters. The molecule has 1 aromatic heterocycles. The minimum Gasteiger partial charge on any atom is -0.323 e. The van der Waals surface area contributed by atoms with Gasteiger partial charge in [0.2, 0.25) is 0 Å². The van der Waals surface area contributed by atoms with Crippen molar-refractivity contribution in [2.75, 3.05) is 11.5 Å². The van der Waals surface area contributed by atoms with Gasteiger partial charge >= 0.3 is 0 Å². The highest BCUT2D eigenvalue weighted by molar-refractivity contribution is 7.91. The zero-order valence-electron chi connectivity index (χ0n) is 8.91. The lowest BCUT2D eigenvalue weighted by Gasteiger charge is -2.14. The fraction of sp³-hybridized carbons (Fsp3) is 0.600. The number of hydrogen-bond donors (Lipinski definition) is 1. The van der Waals surface area contributed by atoms with Gasteiger partial charge in [-0.3, -0.25) is 9.97 Å². The van der Waals surface area contributed by atoms with Gasteiger partial charge in [-0.15, -0.1) is 0 Å². The predicted molar refractivity (Wildman–Crippen MR) is 60.3 cm³/mol. The van der Waals surface area contributed by atoms with Crippen molar-refractivity contribution in [1.29, 1.82) is 0 Å². The molecule has 2 N–H and O–H groups in total. The van der Waals surface area contributed by atoms with Crippen LogP contribution in [0.5, 0.6) is 0 Å². The maximum absolute atomic E-state index is 11.3. The lowest BCUT2D eigenvalue weighted by Crippen LogP contribution is -2.17. The summed E-state index contributed by atoms with van der Waals surface area (Å²) in [5.74, 6) is 0.730. The molecule has 88 valence electrons. The van der Waals surface area contributed by atoms with E-state index >= 15 is 0 Å². The number of hydrogen-bond acceptors (Lipinski definition) is 5. The molecule has 5 nitrogen and oxygen atoms in total. The van der Waals surface area contributed by atoms with Crippen LogP contribution in [-0.2, 0) is 9.84 Å². The first kappa shape index (κ1) is 11.5. The highest BCUT2D eigenvalue weighted by Crippen LogP contribution is 2.26. The average Bonchev–Trinajstić information content (AvgIpc) is 2.59. The Morgan fingerprint density at radius 2 is 2.31 bits per heavy atom. The Morgan fingerprint density at radius 3 is 2.88 bits per heavy atom. The lowest BCUT2D eigenvalue weighted by atomic mass is 9.98. The van der Waals surface area contributed by atoms with Gasteiger partial charge < -0.3 is 5.73 Å². The topological polar surface area (TPSA) is 85.9 Å². The van der Waals surface area contributed by atoms with E-state index in [-0.39, 0.29) is 17.7 Å². The van der Waals surface area contributed by atoms with Crippen molar-refractivity contribution >= 4 is 9.84 Å². The first-order valence-electron chi connectivity index (χ1n) is 5.29. The summed E-state index contributed by atoms with van der Waals surface area (Å²) in [5.41, 5.74) is 6.69. The molecule has 0 radical (unpaired) electrons. The number of aromatic nitrogens is 2. The number of sulfone groups is 1. The lowest BCUT2D eigenvalue weighted by molar-refractivity contribution is 0.474. The summed E-state index contributed by atoms with van der Waals surface area (Å²) >= 11 is 0. The van der Waals surface area contributed by atoms with Gasteiger partial charge in [0.1, 0.15) is 0 Å². The van der Waals surface area contributed by atoms with Crippen LogP contribution in [0.25, 0.3) is 0 Å². The van der Waals surface area contributed by atoms with E-state index in [2.05, 4.69) is 9.97 Å². The van der Waals surface area contributed by atoms with Gasteiger partial charge in [-0.25, -0.2) is 8.42 Å². The monoisotopic (exact) mass is 241 g/mol. The summed E-state index contributed by atoms with van der Waals surface area (Å²) in [4.78, 5) is 8.07. The molecule has 6 heteroatoms. The highest BCUT2D eigenvalue weighted by atomic mass is 32.2. The molecule has 1 aromatic rings. The Labute approximate surface area is 95.0 Å². The largest absolute Gasteiger partial charge is 0.323 e. The summed E-state index contributed by atoms with van der Waals surface area (Å²) in [6, 6.07) is -0.216. The summed E-state index contributed by atoms with van der Waals surface area (Å²) in [7, 11) is -2.81. The average molecular weight is 241 g/mol. The molecule has 0 bridgehead atoms. The molecule has 0 aromatic carbocycles. The fourth-order valence-electron chi connectivity index (χ4n) is 2.04. The number of nitrogens with two attached hydrogens (primary N) is 1. The van der Waals surface area contributed by atoms with E-state index in [4.69, 9.17) is 5.73 Å². The van der Waals surface area contributed by atoms with Gasteiger partial charge in [-0.05, 0) is 18.8 Å². The third-order valence-electron chi connectivity index (χ3n) is 2.88. The van der Waals surface area contributed by atoms with Gasteiger partial charge in [-0.1, -0.05) is 0 Å². The molecule has 1 aliphatic rings. The van der Waals surface area contributed by atoms with Crippen LogP contribution in [0, 0.1) is 5.92 Å². The molecule has 1 fully saturated rings. The third-order valence-corrected chi connectivity index (χ3v) is 4.71. The van der Waals surface area contributed by atoms with E-state index in [1.807, 2.05) is 0 Å². The van der Waals surface area contributed by atoms with E-state index in [1.54, 1.807) is 18.6 Å². The van der Waals surface area contributed by atoms with Crippen molar-refractivity contribution in [3.8, 4) is 0 Å². The molecule has 16 heavy (non-hydrogen) atoms. The molecular formula is C10H15N3O2S. The fourth-order valence-corrected chi connectivity index (χ4v) is 3.92. The van der Waals surface area contributed by atoms with Crippen molar-refractivity contribution < 1.29 is 8.42 Å². The molecule has 1 saturated heterocycles. The Bertz CT molecular complexity index is 446. The molecule has 1 aliphatic heterocycles. The molecule has 0 saturated carbocycles. The molecular weight excluding hydrogens is 226 g/mol. The Balaban J connectivity index is 1.96. The van der Waals surface area contributed by atoms with Crippen molar-refractivity contribution in [2.24, 2.45) is 11.7 Å². The van der Waals surface area contributed by atoms with Crippen LogP contribution >= 0.6 is 0 Å². The Hall–Kier alpha value is -1.01. The summed E-state index contributed by atoms with van der Waals surface area (Å²) < 4.78 is 22.6. The Morgan fingerprint density at radius 1 is 1.50 bits per heavy atom. The summed E-state index contributed by atoms with van der Waals surface area (Å²) in [6.45, 7) is 0. The second-order valence-electron chi connectivity index (χ2n) is 4.24. The van der Waals surface area contributed by atoms with E-state index < -0.39 is 9.84 Å². The first-order valence-corrected chi connectivity index (χ1v) is 7.11. The maximum atomic E-state index is 11.3. The Kier molecular flexibility index (Phi) is 3.20. The normalized spacial score (nSPS) is 25.4. The van der Waals surface area contributed by atoms with Crippen LogP contribution in [0.3, 0.4) is 0 Å². The van der Waals surface area contributed by atoms with Crippen molar-refractivity contribution in [1.82, 2.24) is 9.97 Å². The first-order chi connectivity index (χ1) is 7.57. The smallest absolute Gasteiger partial charge is 0.150 e. The summed E-state index contributed by atoms with van der Waals surface area (Å²) in [6.07, 6.45) is 6.21. The SMILES string of the molecule is NC(CC1CCS(=O)(=O)C1)c1cnccn1. The second-order valence-corrected chi connectivity index (χ2v) is 6.47. The molecule has 0 amide bonds.